The van der Waals surface area contributed by atoms with Crippen molar-refractivity contribution in [3.05, 3.63) is 0 Å². The average Bonchev–Trinajstić information content (AvgIpc) is 2.45. The van der Waals surface area contributed by atoms with Crippen LogP contribution in [0, 0.1) is 0 Å². The molecule has 0 fully saturated rings. The van der Waals surface area contributed by atoms with Crippen LogP contribution in [-0.2, 0) is 4.74 Å². The van der Waals surface area contributed by atoms with Crippen molar-refractivity contribution in [3.8, 4) is 0 Å². The summed E-state index contributed by atoms with van der Waals surface area (Å²) in [5.74, 6) is 0. The van der Waals surface area contributed by atoms with Gasteiger partial charge in [-0.05, 0) is 6.42 Å². The van der Waals surface area contributed by atoms with E-state index in [1.807, 2.05) is 0 Å². The Morgan fingerprint density at radius 1 is 1.05 bits per heavy atom. The first kappa shape index (κ1) is 18.8. The van der Waals surface area contributed by atoms with Gasteiger partial charge in [0, 0.05) is 13.2 Å². The highest BCUT2D eigenvalue weighted by Crippen LogP contribution is 2.02. The van der Waals surface area contributed by atoms with Gasteiger partial charge in [0.1, 0.15) is 0 Å². The average molecular weight is 279 g/mol. The second-order valence-electron chi connectivity index (χ2n) is 4.92. The second kappa shape index (κ2) is 11.6. The summed E-state index contributed by atoms with van der Waals surface area (Å²) < 4.78 is 5.33. The third kappa shape index (κ3) is 8.52. The molecule has 0 aromatic heterocycles. The van der Waals surface area contributed by atoms with Crippen LogP contribution in [-0.4, -0.2) is 71.6 Å². The second-order valence-corrected chi connectivity index (χ2v) is 4.92. The molecule has 0 aromatic carbocycles. The summed E-state index contributed by atoms with van der Waals surface area (Å²) in [6.07, 6.45) is 3.77. The quantitative estimate of drug-likeness (QED) is 0.284. The molecule has 0 saturated carbocycles. The molecule has 0 aromatic rings. The van der Waals surface area contributed by atoms with Gasteiger partial charge in [0.2, 0.25) is 0 Å². The van der Waals surface area contributed by atoms with Gasteiger partial charge in [0.25, 0.3) is 0 Å². The molecule has 0 radical (unpaired) electrons. The summed E-state index contributed by atoms with van der Waals surface area (Å²) in [5, 5.41) is 39.7. The van der Waals surface area contributed by atoms with E-state index in [0.29, 0.717) is 6.61 Å². The van der Waals surface area contributed by atoms with Crippen LogP contribution in [0.2, 0.25) is 0 Å². The Kier molecular flexibility index (Phi) is 11.4. The molecular weight excluding hydrogens is 250 g/mol. The third-order valence-corrected chi connectivity index (χ3v) is 3.07. The summed E-state index contributed by atoms with van der Waals surface area (Å²) in [6, 6.07) is 0. The van der Waals surface area contributed by atoms with Gasteiger partial charge in [-0.3, -0.25) is 0 Å². The SMILES string of the molecule is CCCCCCOCC(O)CNC(CO)(CO)CO. The van der Waals surface area contributed by atoms with Crippen LogP contribution in [0.5, 0.6) is 0 Å². The normalized spacial score (nSPS) is 13.7. The van der Waals surface area contributed by atoms with E-state index in [1.54, 1.807) is 0 Å². The molecule has 0 bridgehead atoms. The van der Waals surface area contributed by atoms with Crippen LogP contribution in [0.25, 0.3) is 0 Å². The van der Waals surface area contributed by atoms with Gasteiger partial charge in [-0.25, -0.2) is 0 Å². The van der Waals surface area contributed by atoms with E-state index in [-0.39, 0.29) is 13.2 Å². The van der Waals surface area contributed by atoms with E-state index in [0.717, 1.165) is 12.8 Å². The highest BCUT2D eigenvalue weighted by molar-refractivity contribution is 4.86. The lowest BCUT2D eigenvalue weighted by Gasteiger charge is -2.29. The largest absolute Gasteiger partial charge is 0.394 e. The Bertz CT molecular complexity index is 191. The summed E-state index contributed by atoms with van der Waals surface area (Å²) in [5.41, 5.74) is -1.15. The number of nitrogens with one attached hydrogen (secondary N) is 1. The van der Waals surface area contributed by atoms with Crippen molar-refractivity contribution in [2.75, 3.05) is 39.6 Å². The van der Waals surface area contributed by atoms with Crippen molar-refractivity contribution in [2.45, 2.75) is 44.2 Å². The number of aliphatic hydroxyl groups excluding tert-OH is 4. The predicted octanol–water partition coefficient (Wildman–Crippen LogP) is -0.750. The van der Waals surface area contributed by atoms with Crippen LogP contribution >= 0.6 is 0 Å². The number of hydrogen-bond acceptors (Lipinski definition) is 6. The minimum atomic E-state index is -1.15. The highest BCUT2D eigenvalue weighted by Gasteiger charge is 2.27. The molecule has 0 heterocycles. The zero-order valence-electron chi connectivity index (χ0n) is 11.8. The summed E-state index contributed by atoms with van der Waals surface area (Å²) >= 11 is 0. The first-order valence-electron chi connectivity index (χ1n) is 6.97. The summed E-state index contributed by atoms with van der Waals surface area (Å²) in [7, 11) is 0. The van der Waals surface area contributed by atoms with Gasteiger partial charge in [0.15, 0.2) is 0 Å². The monoisotopic (exact) mass is 279 g/mol. The van der Waals surface area contributed by atoms with Crippen LogP contribution in [0.4, 0.5) is 0 Å². The van der Waals surface area contributed by atoms with Crippen molar-refractivity contribution in [3.63, 3.8) is 0 Å². The Balaban J connectivity index is 3.65. The maximum absolute atomic E-state index is 9.67. The van der Waals surface area contributed by atoms with Gasteiger partial charge in [-0.2, -0.15) is 0 Å². The molecule has 0 saturated heterocycles. The van der Waals surface area contributed by atoms with Gasteiger partial charge >= 0.3 is 0 Å². The Hall–Kier alpha value is -0.240. The Morgan fingerprint density at radius 3 is 2.21 bits per heavy atom. The van der Waals surface area contributed by atoms with E-state index in [9.17, 15) is 5.11 Å². The molecule has 0 spiro atoms. The van der Waals surface area contributed by atoms with Crippen molar-refractivity contribution in [2.24, 2.45) is 0 Å². The van der Waals surface area contributed by atoms with E-state index in [2.05, 4.69) is 12.2 Å². The van der Waals surface area contributed by atoms with Crippen molar-refractivity contribution < 1.29 is 25.2 Å². The fourth-order valence-corrected chi connectivity index (χ4v) is 1.56. The van der Waals surface area contributed by atoms with Crippen LogP contribution < -0.4 is 5.32 Å². The molecule has 6 nitrogen and oxygen atoms in total. The first-order chi connectivity index (χ1) is 9.14. The third-order valence-electron chi connectivity index (χ3n) is 3.07. The van der Waals surface area contributed by atoms with Gasteiger partial charge in [0.05, 0.1) is 38.1 Å². The maximum atomic E-state index is 9.67. The van der Waals surface area contributed by atoms with Gasteiger partial charge in [-0.1, -0.05) is 26.2 Å². The number of unbranched alkanes of at least 4 members (excludes halogenated alkanes) is 3. The smallest absolute Gasteiger partial charge is 0.0897 e. The lowest BCUT2D eigenvalue weighted by Crippen LogP contribution is -2.57. The predicted molar refractivity (Wildman–Crippen MR) is 73.0 cm³/mol. The van der Waals surface area contributed by atoms with Crippen molar-refractivity contribution in [1.82, 2.24) is 5.32 Å². The molecule has 6 heteroatoms. The van der Waals surface area contributed by atoms with Crippen LogP contribution in [0.1, 0.15) is 32.6 Å². The highest BCUT2D eigenvalue weighted by atomic mass is 16.5. The van der Waals surface area contributed by atoms with Crippen molar-refractivity contribution >= 4 is 0 Å². The molecule has 19 heavy (non-hydrogen) atoms. The van der Waals surface area contributed by atoms with Crippen LogP contribution in [0.15, 0.2) is 0 Å². The van der Waals surface area contributed by atoms with Gasteiger partial charge < -0.3 is 30.5 Å². The molecule has 0 aliphatic rings. The fraction of sp³-hybridized carbons (Fsp3) is 1.00. The van der Waals surface area contributed by atoms with Gasteiger partial charge in [-0.15, -0.1) is 0 Å². The molecule has 0 aliphatic carbocycles. The van der Waals surface area contributed by atoms with E-state index >= 15 is 0 Å². The first-order valence-corrected chi connectivity index (χ1v) is 6.97. The molecule has 116 valence electrons. The summed E-state index contributed by atoms with van der Waals surface area (Å²) in [4.78, 5) is 0. The number of aliphatic hydroxyl groups is 4. The minimum Gasteiger partial charge on any atom is -0.394 e. The fourth-order valence-electron chi connectivity index (χ4n) is 1.56. The molecule has 0 rings (SSSR count). The van der Waals surface area contributed by atoms with E-state index in [4.69, 9.17) is 20.1 Å². The topological polar surface area (TPSA) is 102 Å². The zero-order valence-corrected chi connectivity index (χ0v) is 11.8. The lowest BCUT2D eigenvalue weighted by molar-refractivity contribution is 0.00772. The molecule has 0 amide bonds. The summed E-state index contributed by atoms with van der Waals surface area (Å²) in [6.45, 7) is 1.93. The van der Waals surface area contributed by atoms with Crippen LogP contribution in [0.3, 0.4) is 0 Å². The molecule has 1 unspecified atom stereocenters. The number of ether oxygens (including phenoxy) is 1. The Labute approximate surface area is 115 Å². The standard InChI is InChI=1S/C13H29NO5/c1-2-3-4-5-6-19-8-12(18)7-14-13(9-15,10-16)11-17/h12,14-18H,2-11H2,1H3. The maximum Gasteiger partial charge on any atom is 0.0897 e. The van der Waals surface area contributed by atoms with E-state index < -0.39 is 31.5 Å². The Morgan fingerprint density at radius 2 is 1.68 bits per heavy atom. The zero-order chi connectivity index (χ0) is 14.6. The molecule has 5 N–H and O–H groups in total. The number of β-amino-alcohol motifs (C(OH)–C–C–N with tert-alkyl or cyclic N) is 1. The number of rotatable bonds is 13. The van der Waals surface area contributed by atoms with Crippen molar-refractivity contribution in [1.29, 1.82) is 0 Å². The number of hydrogen-bond donors (Lipinski definition) is 5. The minimum absolute atomic E-state index is 0.149. The molecule has 1 atom stereocenters. The lowest BCUT2D eigenvalue weighted by atomic mass is 10.0. The molecular formula is C13H29NO5. The molecule has 0 aliphatic heterocycles. The van der Waals surface area contributed by atoms with E-state index in [1.165, 1.54) is 12.8 Å².